The summed E-state index contributed by atoms with van der Waals surface area (Å²) in [6, 6.07) is 0. The minimum Gasteiger partial charge on any atom is -0.342 e. The van der Waals surface area contributed by atoms with Crippen LogP contribution in [-0.2, 0) is 6.54 Å². The van der Waals surface area contributed by atoms with E-state index >= 15 is 0 Å². The van der Waals surface area contributed by atoms with Gasteiger partial charge in [0.1, 0.15) is 0 Å². The minimum absolute atomic E-state index is 0.819. The Labute approximate surface area is 110 Å². The average Bonchev–Trinajstić information content (AvgIpc) is 2.87. The molecule has 1 N–H and O–H groups in total. The van der Waals surface area contributed by atoms with E-state index in [1.54, 1.807) is 0 Å². The van der Waals surface area contributed by atoms with Crippen LogP contribution in [0.15, 0.2) is 12.4 Å². The molecule has 0 radical (unpaired) electrons. The number of anilines is 1. The van der Waals surface area contributed by atoms with Crippen molar-refractivity contribution in [3.05, 3.63) is 12.4 Å². The monoisotopic (exact) mass is 250 g/mol. The first-order valence-corrected chi connectivity index (χ1v) is 7.32. The molecule has 0 aliphatic carbocycles. The molecule has 0 saturated carbocycles. The number of aromatic nitrogens is 2. The molecule has 102 valence electrons. The van der Waals surface area contributed by atoms with Gasteiger partial charge in [0, 0.05) is 32.0 Å². The highest BCUT2D eigenvalue weighted by Crippen LogP contribution is 2.19. The average molecular weight is 250 g/mol. The maximum absolute atomic E-state index is 4.54. The molecule has 1 aromatic heterocycles. The van der Waals surface area contributed by atoms with Crippen LogP contribution >= 0.6 is 0 Å². The minimum atomic E-state index is 0.819. The van der Waals surface area contributed by atoms with Gasteiger partial charge in [-0.2, -0.15) is 0 Å². The third-order valence-corrected chi connectivity index (χ3v) is 3.75. The molecule has 2 rings (SSSR count). The van der Waals surface area contributed by atoms with E-state index < -0.39 is 0 Å². The second kappa shape index (κ2) is 6.78. The molecule has 18 heavy (non-hydrogen) atoms. The van der Waals surface area contributed by atoms with Crippen molar-refractivity contribution in [2.75, 3.05) is 31.1 Å². The van der Waals surface area contributed by atoms with Crippen LogP contribution in [0.4, 0.5) is 5.95 Å². The number of hydrogen-bond donors (Lipinski definition) is 1. The summed E-state index contributed by atoms with van der Waals surface area (Å²) < 4.78 is 2.25. The quantitative estimate of drug-likeness (QED) is 0.839. The Morgan fingerprint density at radius 2 is 2.17 bits per heavy atom. The summed E-state index contributed by atoms with van der Waals surface area (Å²) in [5.41, 5.74) is 0. The van der Waals surface area contributed by atoms with Crippen LogP contribution in [0.1, 0.15) is 33.1 Å². The smallest absolute Gasteiger partial charge is 0.205 e. The standard InChI is InChI=1S/C14H26N4/c1-3-10-18(12-13-5-7-15-8-6-13)14-16-9-11-17(14)4-2/h9,11,13,15H,3-8,10,12H2,1-2H3. The molecule has 4 nitrogen and oxygen atoms in total. The first kappa shape index (κ1) is 13.4. The van der Waals surface area contributed by atoms with Crippen molar-refractivity contribution >= 4 is 5.95 Å². The van der Waals surface area contributed by atoms with Gasteiger partial charge in [-0.1, -0.05) is 6.92 Å². The number of hydrogen-bond acceptors (Lipinski definition) is 3. The molecular formula is C14H26N4. The lowest BCUT2D eigenvalue weighted by molar-refractivity contribution is 0.371. The van der Waals surface area contributed by atoms with Gasteiger partial charge in [-0.25, -0.2) is 4.98 Å². The van der Waals surface area contributed by atoms with Gasteiger partial charge in [-0.15, -0.1) is 0 Å². The lowest BCUT2D eigenvalue weighted by atomic mass is 9.97. The molecule has 1 fully saturated rings. The molecule has 1 aromatic rings. The molecule has 4 heteroatoms. The highest BCUT2D eigenvalue weighted by molar-refractivity contribution is 5.31. The van der Waals surface area contributed by atoms with Crippen molar-refractivity contribution in [1.29, 1.82) is 0 Å². The number of nitrogens with one attached hydrogen (secondary N) is 1. The van der Waals surface area contributed by atoms with Crippen LogP contribution in [0.5, 0.6) is 0 Å². The van der Waals surface area contributed by atoms with Crippen molar-refractivity contribution in [2.24, 2.45) is 5.92 Å². The Morgan fingerprint density at radius 1 is 1.39 bits per heavy atom. The molecule has 0 spiro atoms. The summed E-state index contributed by atoms with van der Waals surface area (Å²) in [5, 5.41) is 3.44. The van der Waals surface area contributed by atoms with Crippen LogP contribution in [0.2, 0.25) is 0 Å². The Morgan fingerprint density at radius 3 is 2.83 bits per heavy atom. The molecule has 1 aliphatic heterocycles. The molecule has 2 heterocycles. The predicted molar refractivity (Wildman–Crippen MR) is 76.0 cm³/mol. The van der Waals surface area contributed by atoms with E-state index in [4.69, 9.17) is 0 Å². The zero-order valence-corrected chi connectivity index (χ0v) is 11.7. The Hall–Kier alpha value is -1.03. The number of rotatable bonds is 6. The van der Waals surface area contributed by atoms with Gasteiger partial charge in [-0.05, 0) is 45.2 Å². The maximum atomic E-state index is 4.54. The third-order valence-electron chi connectivity index (χ3n) is 3.75. The largest absolute Gasteiger partial charge is 0.342 e. The van der Waals surface area contributed by atoms with Crippen molar-refractivity contribution in [2.45, 2.75) is 39.7 Å². The molecule has 1 saturated heterocycles. The first-order valence-electron chi connectivity index (χ1n) is 7.32. The highest BCUT2D eigenvalue weighted by Gasteiger charge is 2.19. The fourth-order valence-corrected chi connectivity index (χ4v) is 2.75. The van der Waals surface area contributed by atoms with E-state index in [2.05, 4.69) is 39.8 Å². The molecule has 0 atom stereocenters. The summed E-state index contributed by atoms with van der Waals surface area (Å²) in [5.74, 6) is 1.97. The van der Waals surface area contributed by atoms with Crippen molar-refractivity contribution in [3.8, 4) is 0 Å². The van der Waals surface area contributed by atoms with Gasteiger partial charge in [0.15, 0.2) is 0 Å². The van der Waals surface area contributed by atoms with Crippen LogP contribution in [-0.4, -0.2) is 35.7 Å². The van der Waals surface area contributed by atoms with Gasteiger partial charge < -0.3 is 14.8 Å². The summed E-state index contributed by atoms with van der Waals surface area (Å²) in [6.45, 7) is 10.0. The van der Waals surface area contributed by atoms with Gasteiger partial charge >= 0.3 is 0 Å². The van der Waals surface area contributed by atoms with E-state index in [-0.39, 0.29) is 0 Å². The summed E-state index contributed by atoms with van der Waals surface area (Å²) in [7, 11) is 0. The van der Waals surface area contributed by atoms with Crippen molar-refractivity contribution < 1.29 is 0 Å². The topological polar surface area (TPSA) is 33.1 Å². The van der Waals surface area contributed by atoms with Gasteiger partial charge in [-0.3, -0.25) is 0 Å². The normalized spacial score (nSPS) is 17.0. The van der Waals surface area contributed by atoms with E-state index in [9.17, 15) is 0 Å². The van der Waals surface area contributed by atoms with E-state index in [0.717, 1.165) is 31.5 Å². The molecular weight excluding hydrogens is 224 g/mol. The zero-order chi connectivity index (χ0) is 12.8. The highest BCUT2D eigenvalue weighted by atomic mass is 15.3. The lowest BCUT2D eigenvalue weighted by Gasteiger charge is -2.31. The lowest BCUT2D eigenvalue weighted by Crippen LogP contribution is -2.37. The zero-order valence-electron chi connectivity index (χ0n) is 11.7. The third kappa shape index (κ3) is 3.25. The van der Waals surface area contributed by atoms with Gasteiger partial charge in [0.2, 0.25) is 5.95 Å². The van der Waals surface area contributed by atoms with E-state index in [0.29, 0.717) is 0 Å². The fourth-order valence-electron chi connectivity index (χ4n) is 2.75. The van der Waals surface area contributed by atoms with Crippen LogP contribution < -0.4 is 10.2 Å². The second-order valence-electron chi connectivity index (χ2n) is 5.15. The SMILES string of the molecule is CCCN(CC1CCNCC1)c1nccn1CC. The Bertz CT molecular complexity index is 341. The first-order chi connectivity index (χ1) is 8.85. The number of nitrogens with zero attached hydrogens (tertiary/aromatic N) is 3. The molecule has 0 bridgehead atoms. The molecule has 0 amide bonds. The maximum Gasteiger partial charge on any atom is 0.205 e. The fraction of sp³-hybridized carbons (Fsp3) is 0.786. The predicted octanol–water partition coefficient (Wildman–Crippen LogP) is 2.12. The van der Waals surface area contributed by atoms with Crippen LogP contribution in [0, 0.1) is 5.92 Å². The van der Waals surface area contributed by atoms with Crippen LogP contribution in [0.25, 0.3) is 0 Å². The van der Waals surface area contributed by atoms with Gasteiger partial charge in [0.05, 0.1) is 0 Å². The van der Waals surface area contributed by atoms with Crippen LogP contribution in [0.3, 0.4) is 0 Å². The van der Waals surface area contributed by atoms with Crippen molar-refractivity contribution in [1.82, 2.24) is 14.9 Å². The molecule has 0 unspecified atom stereocenters. The van der Waals surface area contributed by atoms with E-state index in [1.165, 1.54) is 32.4 Å². The summed E-state index contributed by atoms with van der Waals surface area (Å²) >= 11 is 0. The molecule has 1 aliphatic rings. The Balaban J connectivity index is 2.02. The van der Waals surface area contributed by atoms with Crippen molar-refractivity contribution in [3.63, 3.8) is 0 Å². The molecule has 0 aromatic carbocycles. The van der Waals surface area contributed by atoms with Gasteiger partial charge in [0.25, 0.3) is 0 Å². The summed E-state index contributed by atoms with van der Waals surface area (Å²) in [4.78, 5) is 7.02. The van der Waals surface area contributed by atoms with E-state index in [1.807, 2.05) is 6.20 Å². The second-order valence-corrected chi connectivity index (χ2v) is 5.15. The summed E-state index contributed by atoms with van der Waals surface area (Å²) in [6.07, 6.45) is 7.78. The number of imidazole rings is 1. The number of aryl methyl sites for hydroxylation is 1. The Kier molecular flexibility index (Phi) is 5.05. The number of piperidine rings is 1.